The van der Waals surface area contributed by atoms with Crippen molar-refractivity contribution in [3.63, 3.8) is 0 Å². The second kappa shape index (κ2) is 3.97. The zero-order valence-corrected chi connectivity index (χ0v) is 9.21. The molecular weight excluding hydrogens is 164 g/mol. The summed E-state index contributed by atoms with van der Waals surface area (Å²) in [6.45, 7) is 8.29. The average Bonchev–Trinajstić information content (AvgIpc) is 2.19. The fourth-order valence-corrected chi connectivity index (χ4v) is 2.26. The molecule has 78 valence electrons. The molecule has 0 saturated carbocycles. The molecule has 2 heteroatoms. The summed E-state index contributed by atoms with van der Waals surface area (Å²) in [5.74, 6) is 0.608. The van der Waals surface area contributed by atoms with Crippen LogP contribution in [-0.4, -0.2) is 22.9 Å². The maximum absolute atomic E-state index is 9.21. The van der Waals surface area contributed by atoms with Gasteiger partial charge in [-0.3, -0.25) is 0 Å². The molecule has 2 nitrogen and oxygen atoms in total. The van der Waals surface area contributed by atoms with E-state index in [1.54, 1.807) is 0 Å². The summed E-state index contributed by atoms with van der Waals surface area (Å²) < 4.78 is 5.81. The van der Waals surface area contributed by atoms with E-state index in [0.717, 1.165) is 19.3 Å². The SMILES string of the molecule is CC(O)CCC1CC(C)OC1(C)C. The summed E-state index contributed by atoms with van der Waals surface area (Å²) in [4.78, 5) is 0. The Morgan fingerprint density at radius 2 is 2.15 bits per heavy atom. The molecule has 1 fully saturated rings. The van der Waals surface area contributed by atoms with Crippen molar-refractivity contribution in [3.05, 3.63) is 0 Å². The molecule has 0 amide bonds. The lowest BCUT2D eigenvalue weighted by Gasteiger charge is -2.26. The summed E-state index contributed by atoms with van der Waals surface area (Å²) in [5, 5.41) is 9.21. The van der Waals surface area contributed by atoms with Crippen molar-refractivity contribution >= 4 is 0 Å². The van der Waals surface area contributed by atoms with Gasteiger partial charge in [0.15, 0.2) is 0 Å². The maximum atomic E-state index is 9.21. The van der Waals surface area contributed by atoms with Crippen LogP contribution in [0, 0.1) is 5.92 Å². The Kier molecular flexibility index (Phi) is 3.36. The smallest absolute Gasteiger partial charge is 0.0659 e. The number of hydrogen-bond donors (Lipinski definition) is 1. The zero-order valence-electron chi connectivity index (χ0n) is 9.21. The van der Waals surface area contributed by atoms with E-state index in [1.807, 2.05) is 6.92 Å². The highest BCUT2D eigenvalue weighted by Crippen LogP contribution is 2.38. The Balaban J connectivity index is 2.41. The van der Waals surface area contributed by atoms with E-state index in [1.165, 1.54) is 0 Å². The molecule has 1 aliphatic rings. The van der Waals surface area contributed by atoms with Crippen molar-refractivity contribution in [3.8, 4) is 0 Å². The Labute approximate surface area is 81.3 Å². The molecule has 0 spiro atoms. The topological polar surface area (TPSA) is 29.5 Å². The zero-order chi connectivity index (χ0) is 10.1. The highest BCUT2D eigenvalue weighted by atomic mass is 16.5. The third-order valence-electron chi connectivity index (χ3n) is 3.04. The molecule has 0 aromatic rings. The molecule has 0 aliphatic carbocycles. The third-order valence-corrected chi connectivity index (χ3v) is 3.04. The lowest BCUT2D eigenvalue weighted by Crippen LogP contribution is -2.28. The largest absolute Gasteiger partial charge is 0.393 e. The van der Waals surface area contributed by atoms with E-state index in [4.69, 9.17) is 4.74 Å². The first-order chi connectivity index (χ1) is 5.92. The predicted octanol–water partition coefficient (Wildman–Crippen LogP) is 2.35. The van der Waals surface area contributed by atoms with Crippen molar-refractivity contribution in [1.82, 2.24) is 0 Å². The van der Waals surface area contributed by atoms with Crippen molar-refractivity contribution in [2.24, 2.45) is 5.92 Å². The second-order valence-corrected chi connectivity index (χ2v) is 4.89. The van der Waals surface area contributed by atoms with Gasteiger partial charge in [-0.25, -0.2) is 0 Å². The summed E-state index contributed by atoms with van der Waals surface area (Å²) in [6.07, 6.45) is 3.32. The Morgan fingerprint density at radius 1 is 1.54 bits per heavy atom. The number of rotatable bonds is 3. The minimum Gasteiger partial charge on any atom is -0.393 e. The van der Waals surface area contributed by atoms with Gasteiger partial charge >= 0.3 is 0 Å². The summed E-state index contributed by atoms with van der Waals surface area (Å²) in [7, 11) is 0. The molecule has 0 radical (unpaired) electrons. The van der Waals surface area contributed by atoms with Crippen molar-refractivity contribution in [2.75, 3.05) is 0 Å². The van der Waals surface area contributed by atoms with Gasteiger partial charge in [-0.05, 0) is 52.9 Å². The monoisotopic (exact) mass is 186 g/mol. The van der Waals surface area contributed by atoms with Gasteiger partial charge < -0.3 is 9.84 Å². The predicted molar refractivity (Wildman–Crippen MR) is 53.6 cm³/mol. The van der Waals surface area contributed by atoms with Crippen molar-refractivity contribution < 1.29 is 9.84 Å². The first kappa shape index (κ1) is 11.0. The van der Waals surface area contributed by atoms with E-state index in [2.05, 4.69) is 20.8 Å². The Hall–Kier alpha value is -0.0800. The molecule has 13 heavy (non-hydrogen) atoms. The highest BCUT2D eigenvalue weighted by molar-refractivity contribution is 4.88. The minimum absolute atomic E-state index is 0.00824. The molecule has 3 unspecified atom stereocenters. The van der Waals surface area contributed by atoms with Crippen LogP contribution in [0.5, 0.6) is 0 Å². The fourth-order valence-electron chi connectivity index (χ4n) is 2.26. The minimum atomic E-state index is -0.174. The van der Waals surface area contributed by atoms with E-state index in [9.17, 15) is 5.11 Å². The van der Waals surface area contributed by atoms with Crippen LogP contribution in [0.4, 0.5) is 0 Å². The van der Waals surface area contributed by atoms with E-state index < -0.39 is 0 Å². The molecule has 0 bridgehead atoms. The lowest BCUT2D eigenvalue weighted by molar-refractivity contribution is -0.0271. The summed E-state index contributed by atoms with van der Waals surface area (Å²) in [5.41, 5.74) is 0.00824. The van der Waals surface area contributed by atoms with Gasteiger partial charge in [0.1, 0.15) is 0 Å². The molecule has 0 aromatic carbocycles. The molecule has 1 N–H and O–H groups in total. The molecule has 3 atom stereocenters. The molecule has 0 aromatic heterocycles. The van der Waals surface area contributed by atoms with Gasteiger partial charge in [-0.1, -0.05) is 0 Å². The molecule has 1 rings (SSSR count). The fraction of sp³-hybridized carbons (Fsp3) is 1.00. The van der Waals surface area contributed by atoms with E-state index in [0.29, 0.717) is 12.0 Å². The molecule has 1 heterocycles. The first-order valence-electron chi connectivity index (χ1n) is 5.27. The highest BCUT2D eigenvalue weighted by Gasteiger charge is 2.39. The number of hydrogen-bond acceptors (Lipinski definition) is 2. The van der Waals surface area contributed by atoms with Crippen LogP contribution in [-0.2, 0) is 4.74 Å². The van der Waals surface area contributed by atoms with Crippen molar-refractivity contribution in [2.45, 2.75) is 64.8 Å². The van der Waals surface area contributed by atoms with Crippen LogP contribution in [0.2, 0.25) is 0 Å². The van der Waals surface area contributed by atoms with Gasteiger partial charge in [-0.2, -0.15) is 0 Å². The van der Waals surface area contributed by atoms with Crippen LogP contribution >= 0.6 is 0 Å². The van der Waals surface area contributed by atoms with Crippen LogP contribution in [0.3, 0.4) is 0 Å². The summed E-state index contributed by atoms with van der Waals surface area (Å²) in [6, 6.07) is 0. The number of aliphatic hydroxyl groups is 1. The van der Waals surface area contributed by atoms with Gasteiger partial charge in [0, 0.05) is 0 Å². The molecule has 1 aliphatic heterocycles. The first-order valence-corrected chi connectivity index (χ1v) is 5.27. The van der Waals surface area contributed by atoms with Crippen LogP contribution < -0.4 is 0 Å². The van der Waals surface area contributed by atoms with E-state index >= 15 is 0 Å². The van der Waals surface area contributed by atoms with Crippen LogP contribution in [0.1, 0.15) is 47.0 Å². The number of aliphatic hydroxyl groups excluding tert-OH is 1. The van der Waals surface area contributed by atoms with Crippen LogP contribution in [0.15, 0.2) is 0 Å². The standard InChI is InChI=1S/C11H22O2/c1-8(12)5-6-10-7-9(2)13-11(10,3)4/h8-10,12H,5-7H2,1-4H3. The van der Waals surface area contributed by atoms with Crippen molar-refractivity contribution in [1.29, 1.82) is 0 Å². The van der Waals surface area contributed by atoms with E-state index in [-0.39, 0.29) is 11.7 Å². The van der Waals surface area contributed by atoms with Gasteiger partial charge in [0.05, 0.1) is 17.8 Å². The normalized spacial score (nSPS) is 34.8. The maximum Gasteiger partial charge on any atom is 0.0659 e. The lowest BCUT2D eigenvalue weighted by atomic mass is 9.85. The molecule has 1 saturated heterocycles. The van der Waals surface area contributed by atoms with Gasteiger partial charge in [0.2, 0.25) is 0 Å². The van der Waals surface area contributed by atoms with Gasteiger partial charge in [0.25, 0.3) is 0 Å². The average molecular weight is 186 g/mol. The number of ether oxygens (including phenoxy) is 1. The Bertz CT molecular complexity index is 163. The second-order valence-electron chi connectivity index (χ2n) is 4.89. The molecular formula is C11H22O2. The third kappa shape index (κ3) is 2.96. The van der Waals surface area contributed by atoms with Crippen LogP contribution in [0.25, 0.3) is 0 Å². The summed E-state index contributed by atoms with van der Waals surface area (Å²) >= 11 is 0. The Morgan fingerprint density at radius 3 is 2.54 bits per heavy atom. The van der Waals surface area contributed by atoms with Gasteiger partial charge in [-0.15, -0.1) is 0 Å². The quantitative estimate of drug-likeness (QED) is 0.733.